The Hall–Kier alpha value is -3.48. The average molecular weight is 347 g/mol. The third-order valence-electron chi connectivity index (χ3n) is 4.20. The molecule has 0 aliphatic heterocycles. The number of aromatic nitrogens is 5. The first-order chi connectivity index (χ1) is 12.7. The van der Waals surface area contributed by atoms with Gasteiger partial charge in [0.05, 0.1) is 12.8 Å². The average Bonchev–Trinajstić information content (AvgIpc) is 3.33. The van der Waals surface area contributed by atoms with E-state index in [1.54, 1.807) is 18.1 Å². The van der Waals surface area contributed by atoms with Crippen LogP contribution in [0.15, 0.2) is 53.6 Å². The molecule has 0 aliphatic carbocycles. The van der Waals surface area contributed by atoms with Crippen molar-refractivity contribution in [1.82, 2.24) is 24.9 Å². The molecule has 0 unspecified atom stereocenters. The summed E-state index contributed by atoms with van der Waals surface area (Å²) in [7, 11) is 1.65. The minimum atomic E-state index is 0.483. The third-order valence-corrected chi connectivity index (χ3v) is 4.20. The fourth-order valence-corrected chi connectivity index (χ4v) is 2.84. The van der Waals surface area contributed by atoms with Gasteiger partial charge < -0.3 is 9.26 Å². The highest BCUT2D eigenvalue weighted by atomic mass is 16.5. The standard InChI is InChI=1S/C19H17N5O2/c1-12-9-15(24-11-20-10-21-24)5-6-16(12)19-22-18(23-26-19)14-4-7-17(25-3)13(2)8-14/h4-11H,1-3H3. The molecule has 2 heterocycles. The summed E-state index contributed by atoms with van der Waals surface area (Å²) in [5, 5.41) is 8.26. The van der Waals surface area contributed by atoms with E-state index in [0.29, 0.717) is 11.7 Å². The van der Waals surface area contributed by atoms with Crippen LogP contribution in [0, 0.1) is 13.8 Å². The molecule has 0 spiro atoms. The highest BCUT2D eigenvalue weighted by molar-refractivity contribution is 5.64. The number of rotatable bonds is 4. The molecule has 0 fully saturated rings. The molecule has 0 amide bonds. The van der Waals surface area contributed by atoms with Crippen molar-refractivity contribution in [3.63, 3.8) is 0 Å². The van der Waals surface area contributed by atoms with Crippen molar-refractivity contribution in [3.8, 4) is 34.3 Å². The molecule has 0 aliphatic rings. The van der Waals surface area contributed by atoms with Gasteiger partial charge in [0.1, 0.15) is 18.4 Å². The first kappa shape index (κ1) is 16.0. The minimum absolute atomic E-state index is 0.483. The van der Waals surface area contributed by atoms with Crippen molar-refractivity contribution >= 4 is 0 Å². The molecule has 7 nitrogen and oxygen atoms in total. The highest BCUT2D eigenvalue weighted by Gasteiger charge is 2.14. The first-order valence-corrected chi connectivity index (χ1v) is 8.10. The van der Waals surface area contributed by atoms with E-state index in [-0.39, 0.29) is 0 Å². The van der Waals surface area contributed by atoms with Gasteiger partial charge in [-0.25, -0.2) is 9.67 Å². The van der Waals surface area contributed by atoms with Crippen LogP contribution < -0.4 is 4.74 Å². The lowest BCUT2D eigenvalue weighted by atomic mass is 10.1. The van der Waals surface area contributed by atoms with Crippen molar-refractivity contribution < 1.29 is 9.26 Å². The maximum Gasteiger partial charge on any atom is 0.258 e. The smallest absolute Gasteiger partial charge is 0.258 e. The second kappa shape index (κ2) is 6.44. The number of aryl methyl sites for hydroxylation is 2. The van der Waals surface area contributed by atoms with E-state index >= 15 is 0 Å². The molecule has 0 radical (unpaired) electrons. The zero-order valence-electron chi connectivity index (χ0n) is 14.7. The molecule has 26 heavy (non-hydrogen) atoms. The van der Waals surface area contributed by atoms with Crippen LogP contribution in [-0.4, -0.2) is 32.0 Å². The molecule has 4 aromatic rings. The molecule has 0 bridgehead atoms. The molecule has 0 N–H and O–H groups in total. The van der Waals surface area contributed by atoms with Crippen LogP contribution in [0.4, 0.5) is 0 Å². The van der Waals surface area contributed by atoms with Crippen LogP contribution in [0.2, 0.25) is 0 Å². The Bertz CT molecular complexity index is 1050. The Morgan fingerprint density at radius 2 is 1.92 bits per heavy atom. The summed E-state index contributed by atoms with van der Waals surface area (Å²) in [4.78, 5) is 8.51. The minimum Gasteiger partial charge on any atom is -0.496 e. The SMILES string of the molecule is COc1ccc(-c2noc(-c3ccc(-n4cncn4)cc3C)n2)cc1C. The molecule has 0 saturated carbocycles. The second-order valence-corrected chi connectivity index (χ2v) is 5.95. The van der Waals surface area contributed by atoms with Gasteiger partial charge in [-0.1, -0.05) is 5.16 Å². The van der Waals surface area contributed by atoms with Gasteiger partial charge in [0.2, 0.25) is 5.82 Å². The summed E-state index contributed by atoms with van der Waals surface area (Å²) in [5.74, 6) is 1.86. The fourth-order valence-electron chi connectivity index (χ4n) is 2.84. The van der Waals surface area contributed by atoms with Gasteiger partial charge in [0, 0.05) is 11.1 Å². The first-order valence-electron chi connectivity index (χ1n) is 8.10. The Morgan fingerprint density at radius 1 is 1.04 bits per heavy atom. The maximum absolute atomic E-state index is 5.49. The lowest BCUT2D eigenvalue weighted by Crippen LogP contribution is -1.95. The van der Waals surface area contributed by atoms with E-state index in [4.69, 9.17) is 9.26 Å². The van der Waals surface area contributed by atoms with Gasteiger partial charge >= 0.3 is 0 Å². The summed E-state index contributed by atoms with van der Waals surface area (Å²) in [6, 6.07) is 11.7. The van der Waals surface area contributed by atoms with E-state index in [2.05, 4.69) is 20.2 Å². The van der Waals surface area contributed by atoms with Gasteiger partial charge in [-0.05, 0) is 61.4 Å². The molecular weight excluding hydrogens is 330 g/mol. The van der Waals surface area contributed by atoms with Crippen molar-refractivity contribution in [1.29, 1.82) is 0 Å². The number of ether oxygens (including phenoxy) is 1. The summed E-state index contributed by atoms with van der Waals surface area (Å²) in [5.41, 5.74) is 4.73. The monoisotopic (exact) mass is 347 g/mol. The van der Waals surface area contributed by atoms with Crippen LogP contribution in [0.25, 0.3) is 28.5 Å². The summed E-state index contributed by atoms with van der Waals surface area (Å²) < 4.78 is 12.5. The van der Waals surface area contributed by atoms with Gasteiger partial charge in [-0.15, -0.1) is 0 Å². The van der Waals surface area contributed by atoms with Crippen molar-refractivity contribution in [3.05, 3.63) is 60.2 Å². The van der Waals surface area contributed by atoms with Crippen molar-refractivity contribution in [2.45, 2.75) is 13.8 Å². The highest BCUT2D eigenvalue weighted by Crippen LogP contribution is 2.28. The Balaban J connectivity index is 1.67. The zero-order chi connectivity index (χ0) is 18.1. The lowest BCUT2D eigenvalue weighted by molar-refractivity contribution is 0.411. The predicted molar refractivity (Wildman–Crippen MR) is 96.1 cm³/mol. The van der Waals surface area contributed by atoms with Crippen LogP contribution in [0.5, 0.6) is 5.75 Å². The topological polar surface area (TPSA) is 78.9 Å². The second-order valence-electron chi connectivity index (χ2n) is 5.95. The Labute approximate surface area is 150 Å². The molecule has 4 rings (SSSR count). The van der Waals surface area contributed by atoms with Gasteiger partial charge in [0.15, 0.2) is 0 Å². The lowest BCUT2D eigenvalue weighted by Gasteiger charge is -2.05. The normalized spacial score (nSPS) is 10.9. The number of hydrogen-bond donors (Lipinski definition) is 0. The zero-order valence-corrected chi connectivity index (χ0v) is 14.7. The summed E-state index contributed by atoms with van der Waals surface area (Å²) in [6.07, 6.45) is 3.16. The largest absolute Gasteiger partial charge is 0.496 e. The van der Waals surface area contributed by atoms with Crippen LogP contribution in [-0.2, 0) is 0 Å². The quantitative estimate of drug-likeness (QED) is 0.561. The number of nitrogens with zero attached hydrogens (tertiary/aromatic N) is 5. The molecule has 0 saturated heterocycles. The van der Waals surface area contributed by atoms with Crippen molar-refractivity contribution in [2.24, 2.45) is 0 Å². The Morgan fingerprint density at radius 3 is 2.62 bits per heavy atom. The van der Waals surface area contributed by atoms with Crippen LogP contribution in [0.3, 0.4) is 0 Å². The van der Waals surface area contributed by atoms with Crippen LogP contribution in [0.1, 0.15) is 11.1 Å². The molecule has 2 aromatic heterocycles. The van der Waals surface area contributed by atoms with E-state index in [9.17, 15) is 0 Å². The number of methoxy groups -OCH3 is 1. The van der Waals surface area contributed by atoms with E-state index in [0.717, 1.165) is 33.7 Å². The third kappa shape index (κ3) is 2.83. The van der Waals surface area contributed by atoms with Crippen LogP contribution >= 0.6 is 0 Å². The van der Waals surface area contributed by atoms with Gasteiger partial charge in [-0.3, -0.25) is 0 Å². The summed E-state index contributed by atoms with van der Waals surface area (Å²) >= 11 is 0. The maximum atomic E-state index is 5.49. The number of benzene rings is 2. The summed E-state index contributed by atoms with van der Waals surface area (Å²) in [6.45, 7) is 3.98. The molecule has 2 aromatic carbocycles. The molecule has 130 valence electrons. The molecule has 0 atom stereocenters. The number of hydrogen-bond acceptors (Lipinski definition) is 6. The van der Waals surface area contributed by atoms with E-state index < -0.39 is 0 Å². The van der Waals surface area contributed by atoms with Crippen molar-refractivity contribution in [2.75, 3.05) is 7.11 Å². The fraction of sp³-hybridized carbons (Fsp3) is 0.158. The van der Waals surface area contributed by atoms with Gasteiger partial charge in [-0.2, -0.15) is 10.1 Å². The molecule has 7 heteroatoms. The van der Waals surface area contributed by atoms with E-state index in [1.165, 1.54) is 6.33 Å². The van der Waals surface area contributed by atoms with Gasteiger partial charge in [0.25, 0.3) is 5.89 Å². The predicted octanol–water partition coefficient (Wildman–Crippen LogP) is 3.61. The van der Waals surface area contributed by atoms with E-state index in [1.807, 2.05) is 50.2 Å². The molecular formula is C19H17N5O2. The Kier molecular flexibility index (Phi) is 3.96.